The van der Waals surface area contributed by atoms with Crippen LogP contribution < -0.4 is 10.9 Å². The number of carbonyl (C=O) groups excluding carboxylic acids is 2. The highest BCUT2D eigenvalue weighted by molar-refractivity contribution is 9.09. The molecule has 10 heteroatoms. The quantitative estimate of drug-likeness (QED) is 0.205. The zero-order valence-corrected chi connectivity index (χ0v) is 22.3. The van der Waals surface area contributed by atoms with Crippen molar-refractivity contribution >= 4 is 79.1 Å². The molecule has 0 bridgehead atoms. The van der Waals surface area contributed by atoms with E-state index in [1.54, 1.807) is 36.4 Å². The fourth-order valence-electron chi connectivity index (χ4n) is 3.82. The number of rotatable bonds is 5. The van der Waals surface area contributed by atoms with Gasteiger partial charge in [-0.15, -0.1) is 0 Å². The van der Waals surface area contributed by atoms with E-state index < -0.39 is 17.2 Å². The summed E-state index contributed by atoms with van der Waals surface area (Å²) in [6.07, 6.45) is 0. The molecule has 4 rings (SSSR count). The van der Waals surface area contributed by atoms with Crippen molar-refractivity contribution in [3.63, 3.8) is 0 Å². The van der Waals surface area contributed by atoms with Crippen LogP contribution in [0.25, 0.3) is 33.4 Å². The van der Waals surface area contributed by atoms with Crippen LogP contribution in [0.4, 0.5) is 5.69 Å². The SMILES string of the molecule is CC(=O)Nc1c(C(=O)CBr)c(=O)n(C)c2nc(-c3ccc(Cl)cc3Cl)c(-c3ccc(Cl)cc3)cc12. The third kappa shape index (κ3) is 4.86. The molecule has 2 aromatic heterocycles. The number of ketones is 1. The number of aromatic nitrogens is 2. The average molecular weight is 594 g/mol. The van der Waals surface area contributed by atoms with Crippen LogP contribution >= 0.6 is 50.7 Å². The first kappa shape index (κ1) is 25.4. The number of anilines is 1. The fourth-order valence-corrected chi connectivity index (χ4v) is 4.72. The summed E-state index contributed by atoms with van der Waals surface area (Å²) < 4.78 is 1.29. The van der Waals surface area contributed by atoms with E-state index in [1.807, 2.05) is 12.1 Å². The number of benzene rings is 2. The van der Waals surface area contributed by atoms with Crippen molar-refractivity contribution < 1.29 is 9.59 Å². The van der Waals surface area contributed by atoms with Gasteiger partial charge in [-0.2, -0.15) is 0 Å². The molecular weight excluding hydrogens is 577 g/mol. The number of fused-ring (bicyclic) bond motifs is 1. The first-order valence-corrected chi connectivity index (χ1v) is 12.5. The maximum absolute atomic E-state index is 13.2. The van der Waals surface area contributed by atoms with Crippen LogP contribution in [0.5, 0.6) is 0 Å². The second-order valence-electron chi connectivity index (χ2n) is 7.74. The molecule has 0 aliphatic heterocycles. The zero-order chi connectivity index (χ0) is 25.4. The van der Waals surface area contributed by atoms with Gasteiger partial charge in [0.2, 0.25) is 5.91 Å². The fraction of sp³-hybridized carbons (Fsp3) is 0.120. The molecule has 0 fully saturated rings. The molecule has 0 saturated carbocycles. The number of hydrogen-bond donors (Lipinski definition) is 1. The van der Waals surface area contributed by atoms with E-state index in [2.05, 4.69) is 21.2 Å². The number of aryl methyl sites for hydroxylation is 1. The molecule has 4 aromatic rings. The molecule has 0 unspecified atom stereocenters. The minimum absolute atomic E-state index is 0.0870. The second kappa shape index (κ2) is 10.1. The van der Waals surface area contributed by atoms with Crippen molar-refractivity contribution in [1.29, 1.82) is 0 Å². The summed E-state index contributed by atoms with van der Waals surface area (Å²) in [4.78, 5) is 42.8. The standard InChI is InChI=1S/C25H17BrCl3N3O3/c1-12(33)30-23-18-10-17(13-3-5-14(27)6-4-13)22(16-8-7-15(28)9-19(16)29)31-24(18)32(2)25(35)21(23)20(34)11-26/h3-10H,11H2,1-2H3,(H,30,33). The number of carbonyl (C=O) groups is 2. The molecule has 1 amide bonds. The Bertz CT molecular complexity index is 1570. The summed E-state index contributed by atoms with van der Waals surface area (Å²) in [6, 6.07) is 13.9. The van der Waals surface area contributed by atoms with Crippen molar-refractivity contribution in [2.75, 3.05) is 10.6 Å². The smallest absolute Gasteiger partial charge is 0.264 e. The maximum Gasteiger partial charge on any atom is 0.264 e. The Morgan fingerprint density at radius 3 is 2.26 bits per heavy atom. The Hall–Kier alpha value is -2.71. The van der Waals surface area contributed by atoms with E-state index in [0.717, 1.165) is 5.56 Å². The molecule has 0 radical (unpaired) electrons. The summed E-state index contributed by atoms with van der Waals surface area (Å²) in [5.41, 5.74) is 2.17. The monoisotopic (exact) mass is 591 g/mol. The van der Waals surface area contributed by atoms with E-state index >= 15 is 0 Å². The normalized spacial score (nSPS) is 11.0. The van der Waals surface area contributed by atoms with Gasteiger partial charge in [0.05, 0.1) is 21.7 Å². The lowest BCUT2D eigenvalue weighted by Gasteiger charge is -2.18. The van der Waals surface area contributed by atoms with Crippen molar-refractivity contribution in [2.24, 2.45) is 7.05 Å². The van der Waals surface area contributed by atoms with E-state index in [1.165, 1.54) is 18.5 Å². The van der Waals surface area contributed by atoms with Gasteiger partial charge in [0.25, 0.3) is 5.56 Å². The first-order valence-electron chi connectivity index (χ1n) is 10.3. The lowest BCUT2D eigenvalue weighted by atomic mass is 9.96. The van der Waals surface area contributed by atoms with Gasteiger partial charge in [-0.3, -0.25) is 19.0 Å². The predicted octanol–water partition coefficient (Wildman–Crippen LogP) is 6.76. The molecule has 0 aliphatic carbocycles. The van der Waals surface area contributed by atoms with Crippen LogP contribution in [-0.2, 0) is 11.8 Å². The number of hydrogen-bond acceptors (Lipinski definition) is 4. The third-order valence-electron chi connectivity index (χ3n) is 5.40. The zero-order valence-electron chi connectivity index (χ0n) is 18.5. The largest absolute Gasteiger partial charge is 0.325 e. The Morgan fingerprint density at radius 2 is 1.66 bits per heavy atom. The van der Waals surface area contributed by atoms with Gasteiger partial charge >= 0.3 is 0 Å². The van der Waals surface area contributed by atoms with Gasteiger partial charge in [-0.25, -0.2) is 4.98 Å². The Labute approximate surface area is 224 Å². The van der Waals surface area contributed by atoms with Gasteiger partial charge in [0.1, 0.15) is 11.2 Å². The van der Waals surface area contributed by atoms with E-state index in [4.69, 9.17) is 39.8 Å². The summed E-state index contributed by atoms with van der Waals surface area (Å²) in [5.74, 6) is -0.893. The van der Waals surface area contributed by atoms with Gasteiger partial charge in [-0.05, 0) is 42.0 Å². The van der Waals surface area contributed by atoms with E-state index in [0.29, 0.717) is 37.3 Å². The molecule has 178 valence electrons. The van der Waals surface area contributed by atoms with Crippen LogP contribution in [0.15, 0.2) is 53.3 Å². The molecule has 0 aliphatic rings. The highest BCUT2D eigenvalue weighted by Gasteiger charge is 2.24. The molecular formula is C25H17BrCl3N3O3. The lowest BCUT2D eigenvalue weighted by molar-refractivity contribution is -0.114. The molecule has 6 nitrogen and oxygen atoms in total. The van der Waals surface area contributed by atoms with Crippen LogP contribution in [0.3, 0.4) is 0 Å². The summed E-state index contributed by atoms with van der Waals surface area (Å²) in [5, 5.41) is 4.39. The summed E-state index contributed by atoms with van der Waals surface area (Å²) in [6.45, 7) is 1.31. The first-order chi connectivity index (χ1) is 16.6. The molecule has 2 aromatic carbocycles. The average Bonchev–Trinajstić information content (AvgIpc) is 2.82. The number of alkyl halides is 1. The minimum Gasteiger partial charge on any atom is -0.325 e. The second-order valence-corrected chi connectivity index (χ2v) is 9.58. The molecule has 0 atom stereocenters. The Morgan fingerprint density at radius 1 is 1.00 bits per heavy atom. The summed E-state index contributed by atoms with van der Waals surface area (Å²) in [7, 11) is 1.52. The molecule has 2 heterocycles. The lowest BCUT2D eigenvalue weighted by Crippen LogP contribution is -2.28. The predicted molar refractivity (Wildman–Crippen MR) is 145 cm³/mol. The third-order valence-corrected chi connectivity index (χ3v) is 6.71. The number of Topliss-reactive ketones (excluding diaryl/α,β-unsaturated/α-hetero) is 1. The highest BCUT2D eigenvalue weighted by atomic mass is 79.9. The number of amides is 1. The Kier molecular flexibility index (Phi) is 7.33. The topological polar surface area (TPSA) is 81.1 Å². The van der Waals surface area contributed by atoms with Crippen LogP contribution in [0, 0.1) is 0 Å². The van der Waals surface area contributed by atoms with Crippen molar-refractivity contribution in [3.8, 4) is 22.4 Å². The minimum atomic E-state index is -0.578. The van der Waals surface area contributed by atoms with Gasteiger partial charge in [0, 0.05) is 40.5 Å². The van der Waals surface area contributed by atoms with Crippen LogP contribution in [0.1, 0.15) is 17.3 Å². The number of nitrogens with zero attached hydrogens (tertiary/aromatic N) is 2. The van der Waals surface area contributed by atoms with Crippen LogP contribution in [0.2, 0.25) is 15.1 Å². The van der Waals surface area contributed by atoms with Crippen molar-refractivity contribution in [2.45, 2.75) is 6.92 Å². The summed E-state index contributed by atoms with van der Waals surface area (Å²) >= 11 is 21.9. The molecule has 1 N–H and O–H groups in total. The number of pyridine rings is 2. The number of halogens is 4. The number of nitrogens with one attached hydrogen (secondary N) is 1. The van der Waals surface area contributed by atoms with Crippen molar-refractivity contribution in [3.05, 3.63) is 79.5 Å². The molecule has 35 heavy (non-hydrogen) atoms. The van der Waals surface area contributed by atoms with E-state index in [-0.39, 0.29) is 22.2 Å². The van der Waals surface area contributed by atoms with Crippen molar-refractivity contribution in [1.82, 2.24) is 9.55 Å². The molecule has 0 spiro atoms. The van der Waals surface area contributed by atoms with Crippen LogP contribution in [-0.4, -0.2) is 26.6 Å². The van der Waals surface area contributed by atoms with Gasteiger partial charge in [0.15, 0.2) is 5.78 Å². The Balaban J connectivity index is 2.19. The maximum atomic E-state index is 13.2. The van der Waals surface area contributed by atoms with Gasteiger partial charge in [-0.1, -0.05) is 62.9 Å². The van der Waals surface area contributed by atoms with Gasteiger partial charge < -0.3 is 5.32 Å². The molecule has 0 saturated heterocycles. The van der Waals surface area contributed by atoms with E-state index in [9.17, 15) is 14.4 Å². The highest BCUT2D eigenvalue weighted by Crippen LogP contribution is 2.39.